The summed E-state index contributed by atoms with van der Waals surface area (Å²) in [4.78, 5) is 11.5. The van der Waals surface area contributed by atoms with Crippen LogP contribution in [0.5, 0.6) is 0 Å². The molecular formula is C11H25N3O2. The number of carbonyl (C=O) groups excluding carboxylic acids is 1. The minimum atomic E-state index is -0.394. The molecule has 1 unspecified atom stereocenters. The number of methoxy groups -OCH3 is 1. The molecule has 0 heterocycles. The minimum absolute atomic E-state index is 0.0607. The maximum absolute atomic E-state index is 11.5. The van der Waals surface area contributed by atoms with E-state index in [0.29, 0.717) is 19.5 Å². The van der Waals surface area contributed by atoms with Gasteiger partial charge >= 0.3 is 0 Å². The van der Waals surface area contributed by atoms with Gasteiger partial charge in [0.15, 0.2) is 0 Å². The fraction of sp³-hybridized carbons (Fsp3) is 0.909. The summed E-state index contributed by atoms with van der Waals surface area (Å²) in [6.07, 6.45) is 4.43. The van der Waals surface area contributed by atoms with Crippen LogP contribution in [0.15, 0.2) is 0 Å². The van der Waals surface area contributed by atoms with Crippen LogP contribution in [0.4, 0.5) is 0 Å². The Kier molecular flexibility index (Phi) is 10.4. The molecular weight excluding hydrogens is 206 g/mol. The molecule has 16 heavy (non-hydrogen) atoms. The van der Waals surface area contributed by atoms with Gasteiger partial charge in [-0.05, 0) is 32.2 Å². The standard InChI is InChI=1S/C11H25N3O2/c1-16-9-5-4-8-14-11(15)10(13)6-2-3-7-12/h10H,2-9,12-13H2,1H3,(H,14,15). The molecule has 0 spiro atoms. The zero-order chi connectivity index (χ0) is 12.2. The quantitative estimate of drug-likeness (QED) is 0.461. The topological polar surface area (TPSA) is 90.4 Å². The van der Waals surface area contributed by atoms with E-state index < -0.39 is 6.04 Å². The second-order valence-electron chi connectivity index (χ2n) is 3.88. The molecule has 5 N–H and O–H groups in total. The number of carbonyl (C=O) groups is 1. The fourth-order valence-corrected chi connectivity index (χ4v) is 1.35. The van der Waals surface area contributed by atoms with Crippen molar-refractivity contribution in [3.05, 3.63) is 0 Å². The number of nitrogens with two attached hydrogens (primary N) is 2. The van der Waals surface area contributed by atoms with E-state index in [0.717, 1.165) is 32.3 Å². The Morgan fingerprint density at radius 3 is 2.69 bits per heavy atom. The van der Waals surface area contributed by atoms with Crippen molar-refractivity contribution >= 4 is 5.91 Å². The number of nitrogens with one attached hydrogen (secondary N) is 1. The Bertz CT molecular complexity index is 177. The molecule has 0 bridgehead atoms. The molecule has 0 fully saturated rings. The van der Waals surface area contributed by atoms with E-state index in [1.165, 1.54) is 0 Å². The summed E-state index contributed by atoms with van der Waals surface area (Å²) in [5.74, 6) is -0.0607. The van der Waals surface area contributed by atoms with E-state index in [1.54, 1.807) is 7.11 Å². The van der Waals surface area contributed by atoms with Crippen LogP contribution in [0, 0.1) is 0 Å². The van der Waals surface area contributed by atoms with Crippen LogP contribution in [0.1, 0.15) is 32.1 Å². The number of ether oxygens (including phenoxy) is 1. The monoisotopic (exact) mass is 231 g/mol. The van der Waals surface area contributed by atoms with Crippen LogP contribution in [-0.2, 0) is 9.53 Å². The van der Waals surface area contributed by atoms with Crippen molar-refractivity contribution in [1.82, 2.24) is 5.32 Å². The number of unbranched alkanes of at least 4 members (excludes halogenated alkanes) is 2. The third-order valence-electron chi connectivity index (χ3n) is 2.38. The lowest BCUT2D eigenvalue weighted by atomic mass is 10.1. The summed E-state index contributed by atoms with van der Waals surface area (Å²) >= 11 is 0. The van der Waals surface area contributed by atoms with Gasteiger partial charge < -0.3 is 21.5 Å². The van der Waals surface area contributed by atoms with E-state index in [9.17, 15) is 4.79 Å². The molecule has 1 atom stereocenters. The first kappa shape index (κ1) is 15.3. The Morgan fingerprint density at radius 1 is 1.31 bits per heavy atom. The molecule has 0 aromatic heterocycles. The first-order chi connectivity index (χ1) is 7.72. The summed E-state index contributed by atoms with van der Waals surface area (Å²) in [7, 11) is 1.67. The van der Waals surface area contributed by atoms with Crippen LogP contribution in [0.2, 0.25) is 0 Å². The molecule has 0 aliphatic heterocycles. The Labute approximate surface area is 97.9 Å². The average Bonchev–Trinajstić information content (AvgIpc) is 2.28. The van der Waals surface area contributed by atoms with Gasteiger partial charge in [0.1, 0.15) is 0 Å². The predicted molar refractivity (Wildman–Crippen MR) is 65.0 cm³/mol. The third-order valence-corrected chi connectivity index (χ3v) is 2.38. The molecule has 0 aliphatic rings. The van der Waals surface area contributed by atoms with Crippen molar-refractivity contribution in [3.63, 3.8) is 0 Å². The SMILES string of the molecule is COCCCCNC(=O)C(N)CCCCN. The van der Waals surface area contributed by atoms with Gasteiger partial charge in [-0.2, -0.15) is 0 Å². The first-order valence-corrected chi connectivity index (χ1v) is 5.94. The van der Waals surface area contributed by atoms with Crippen LogP contribution in [0.25, 0.3) is 0 Å². The zero-order valence-corrected chi connectivity index (χ0v) is 10.2. The molecule has 0 aliphatic carbocycles. The number of rotatable bonds is 10. The highest BCUT2D eigenvalue weighted by molar-refractivity contribution is 5.81. The summed E-state index contributed by atoms with van der Waals surface area (Å²) in [6.45, 7) is 2.07. The van der Waals surface area contributed by atoms with Crippen molar-refractivity contribution in [2.75, 3.05) is 26.8 Å². The molecule has 0 aromatic rings. The van der Waals surface area contributed by atoms with E-state index in [-0.39, 0.29) is 5.91 Å². The average molecular weight is 231 g/mol. The molecule has 0 saturated heterocycles. The van der Waals surface area contributed by atoms with Crippen LogP contribution in [-0.4, -0.2) is 38.8 Å². The number of amides is 1. The number of hydrogen-bond donors (Lipinski definition) is 3. The maximum Gasteiger partial charge on any atom is 0.236 e. The fourth-order valence-electron chi connectivity index (χ4n) is 1.35. The Morgan fingerprint density at radius 2 is 2.06 bits per heavy atom. The molecule has 5 heteroatoms. The third kappa shape index (κ3) is 8.64. The van der Waals surface area contributed by atoms with Gasteiger partial charge in [-0.1, -0.05) is 6.42 Å². The predicted octanol–water partition coefficient (Wildman–Crippen LogP) is -0.0145. The van der Waals surface area contributed by atoms with Crippen LogP contribution < -0.4 is 16.8 Å². The highest BCUT2D eigenvalue weighted by Gasteiger charge is 2.11. The van der Waals surface area contributed by atoms with Crippen molar-refractivity contribution in [3.8, 4) is 0 Å². The molecule has 1 amide bonds. The Hall–Kier alpha value is -0.650. The van der Waals surface area contributed by atoms with E-state index in [2.05, 4.69) is 5.32 Å². The smallest absolute Gasteiger partial charge is 0.236 e. The highest BCUT2D eigenvalue weighted by Crippen LogP contribution is 1.98. The summed E-state index contributed by atoms with van der Waals surface area (Å²) in [5.41, 5.74) is 11.1. The summed E-state index contributed by atoms with van der Waals surface area (Å²) in [6, 6.07) is -0.394. The van der Waals surface area contributed by atoms with Crippen molar-refractivity contribution in [2.45, 2.75) is 38.1 Å². The minimum Gasteiger partial charge on any atom is -0.385 e. The van der Waals surface area contributed by atoms with Gasteiger partial charge in [0.25, 0.3) is 0 Å². The Balaban J connectivity index is 3.40. The molecule has 0 radical (unpaired) electrons. The molecule has 0 aromatic carbocycles. The first-order valence-electron chi connectivity index (χ1n) is 5.94. The van der Waals surface area contributed by atoms with Gasteiger partial charge in [-0.25, -0.2) is 0 Å². The maximum atomic E-state index is 11.5. The summed E-state index contributed by atoms with van der Waals surface area (Å²) < 4.78 is 4.91. The van der Waals surface area contributed by atoms with Gasteiger partial charge in [-0.15, -0.1) is 0 Å². The van der Waals surface area contributed by atoms with Gasteiger partial charge in [0.2, 0.25) is 5.91 Å². The molecule has 5 nitrogen and oxygen atoms in total. The number of hydrogen-bond acceptors (Lipinski definition) is 4. The van der Waals surface area contributed by atoms with Gasteiger partial charge in [0, 0.05) is 20.3 Å². The highest BCUT2D eigenvalue weighted by atomic mass is 16.5. The van der Waals surface area contributed by atoms with Crippen molar-refractivity contribution in [2.24, 2.45) is 11.5 Å². The second kappa shape index (κ2) is 10.9. The second-order valence-corrected chi connectivity index (χ2v) is 3.88. The van der Waals surface area contributed by atoms with E-state index in [1.807, 2.05) is 0 Å². The summed E-state index contributed by atoms with van der Waals surface area (Å²) in [5, 5.41) is 2.82. The van der Waals surface area contributed by atoms with E-state index in [4.69, 9.17) is 16.2 Å². The lowest BCUT2D eigenvalue weighted by Crippen LogP contribution is -2.40. The van der Waals surface area contributed by atoms with Crippen molar-refractivity contribution in [1.29, 1.82) is 0 Å². The van der Waals surface area contributed by atoms with Crippen molar-refractivity contribution < 1.29 is 9.53 Å². The lowest BCUT2D eigenvalue weighted by molar-refractivity contribution is -0.122. The molecule has 0 rings (SSSR count). The zero-order valence-electron chi connectivity index (χ0n) is 10.2. The van der Waals surface area contributed by atoms with Crippen LogP contribution in [0.3, 0.4) is 0 Å². The molecule has 96 valence electrons. The van der Waals surface area contributed by atoms with E-state index >= 15 is 0 Å². The van der Waals surface area contributed by atoms with Gasteiger partial charge in [0.05, 0.1) is 6.04 Å². The largest absolute Gasteiger partial charge is 0.385 e. The normalized spacial score (nSPS) is 12.4. The van der Waals surface area contributed by atoms with Gasteiger partial charge in [-0.3, -0.25) is 4.79 Å². The lowest BCUT2D eigenvalue weighted by Gasteiger charge is -2.11. The molecule has 0 saturated carbocycles. The van der Waals surface area contributed by atoms with Crippen LogP contribution >= 0.6 is 0 Å².